The van der Waals surface area contributed by atoms with E-state index in [1.54, 1.807) is 6.07 Å². The predicted molar refractivity (Wildman–Crippen MR) is 109 cm³/mol. The lowest BCUT2D eigenvalue weighted by atomic mass is 10.1. The number of carbonyl (C=O) groups is 1. The fourth-order valence-corrected chi connectivity index (χ4v) is 3.20. The molecule has 1 amide bonds. The quantitative estimate of drug-likeness (QED) is 0.503. The van der Waals surface area contributed by atoms with Crippen molar-refractivity contribution in [2.24, 2.45) is 0 Å². The van der Waals surface area contributed by atoms with Gasteiger partial charge in [0.15, 0.2) is 0 Å². The van der Waals surface area contributed by atoms with E-state index in [0.717, 1.165) is 12.1 Å². The molecule has 2 N–H and O–H groups in total. The number of anilines is 3. The predicted octanol–water partition coefficient (Wildman–Crippen LogP) is 3.89. The Kier molecular flexibility index (Phi) is 6.95. The molecule has 0 unspecified atom stereocenters. The van der Waals surface area contributed by atoms with E-state index in [0.29, 0.717) is 32.0 Å². The number of carbonyl (C=O) groups excluding carboxylic acids is 1. The summed E-state index contributed by atoms with van der Waals surface area (Å²) in [7, 11) is 0. The van der Waals surface area contributed by atoms with Crippen LogP contribution in [0.4, 0.5) is 35.9 Å². The summed E-state index contributed by atoms with van der Waals surface area (Å²) in [6, 6.07) is 9.23. The van der Waals surface area contributed by atoms with Crippen molar-refractivity contribution >= 4 is 28.7 Å². The van der Waals surface area contributed by atoms with Crippen LogP contribution in [-0.4, -0.2) is 43.7 Å². The van der Waals surface area contributed by atoms with Crippen LogP contribution >= 0.6 is 0 Å². The normalized spacial score (nSPS) is 14.2. The van der Waals surface area contributed by atoms with Gasteiger partial charge in [-0.3, -0.25) is 14.9 Å². The van der Waals surface area contributed by atoms with Gasteiger partial charge >= 0.3 is 6.18 Å². The molecule has 0 saturated carbocycles. The van der Waals surface area contributed by atoms with Crippen LogP contribution in [0, 0.1) is 10.1 Å². The number of hydrogen-bond donors (Lipinski definition) is 2. The summed E-state index contributed by atoms with van der Waals surface area (Å²) >= 11 is 0. The average Bonchev–Trinajstić information content (AvgIpc) is 2.74. The highest BCUT2D eigenvalue weighted by atomic mass is 19.4. The number of nitrogens with one attached hydrogen (secondary N) is 2. The largest absolute Gasteiger partial charge is 0.416 e. The number of halogens is 3. The van der Waals surface area contributed by atoms with Crippen molar-refractivity contribution in [2.45, 2.75) is 12.6 Å². The summed E-state index contributed by atoms with van der Waals surface area (Å²) in [5.41, 5.74) is -0.190. The lowest BCUT2D eigenvalue weighted by Crippen LogP contribution is -2.37. The molecule has 1 saturated heterocycles. The summed E-state index contributed by atoms with van der Waals surface area (Å²) in [5.74, 6) is -0.514. The van der Waals surface area contributed by atoms with Crippen LogP contribution < -0.4 is 15.5 Å². The minimum Gasteiger partial charge on any atom is -0.379 e. The van der Waals surface area contributed by atoms with E-state index < -0.39 is 22.6 Å². The number of nitro groups is 1. The zero-order chi connectivity index (χ0) is 22.4. The number of alkyl halides is 3. The molecule has 31 heavy (non-hydrogen) atoms. The number of benzene rings is 2. The molecule has 166 valence electrons. The molecular formula is C20H21F3N4O4. The molecule has 0 spiro atoms. The smallest absolute Gasteiger partial charge is 0.379 e. The van der Waals surface area contributed by atoms with Gasteiger partial charge in [0.1, 0.15) is 5.69 Å². The fourth-order valence-electron chi connectivity index (χ4n) is 3.20. The van der Waals surface area contributed by atoms with E-state index in [1.165, 1.54) is 24.3 Å². The first kappa shape index (κ1) is 22.3. The number of nitrogens with zero attached hydrogens (tertiary/aromatic N) is 2. The van der Waals surface area contributed by atoms with E-state index in [9.17, 15) is 28.1 Å². The van der Waals surface area contributed by atoms with E-state index in [-0.39, 0.29) is 30.0 Å². The first-order chi connectivity index (χ1) is 14.8. The van der Waals surface area contributed by atoms with Crippen molar-refractivity contribution in [2.75, 3.05) is 48.4 Å². The Bertz CT molecular complexity index is 946. The Morgan fingerprint density at radius 1 is 1.13 bits per heavy atom. The summed E-state index contributed by atoms with van der Waals surface area (Å²) in [6.45, 7) is 1.94. The number of morpholine rings is 1. The van der Waals surface area contributed by atoms with Crippen molar-refractivity contribution < 1.29 is 27.6 Å². The SMILES string of the molecule is O=C(CCNc1ccccc1[N+](=O)[O-])Nc1cc(C(F)(F)F)ccc1N1CCOCC1. The van der Waals surface area contributed by atoms with Crippen LogP contribution in [0.1, 0.15) is 12.0 Å². The van der Waals surface area contributed by atoms with Crippen LogP contribution in [0.3, 0.4) is 0 Å². The molecule has 0 aliphatic carbocycles. The molecule has 0 bridgehead atoms. The lowest BCUT2D eigenvalue weighted by molar-refractivity contribution is -0.384. The molecule has 8 nitrogen and oxygen atoms in total. The third-order valence-electron chi connectivity index (χ3n) is 4.72. The second kappa shape index (κ2) is 9.65. The van der Waals surface area contributed by atoms with Gasteiger partial charge in [-0.25, -0.2) is 0 Å². The molecule has 1 aliphatic rings. The Labute approximate surface area is 176 Å². The Morgan fingerprint density at radius 3 is 2.52 bits per heavy atom. The van der Waals surface area contributed by atoms with Gasteiger partial charge in [-0.05, 0) is 24.3 Å². The highest BCUT2D eigenvalue weighted by Gasteiger charge is 2.32. The minimum atomic E-state index is -4.54. The molecule has 1 aliphatic heterocycles. The molecule has 2 aromatic rings. The number of rotatable bonds is 7. The van der Waals surface area contributed by atoms with Crippen LogP contribution in [0.15, 0.2) is 42.5 Å². The van der Waals surface area contributed by atoms with Gasteiger partial charge in [-0.2, -0.15) is 13.2 Å². The first-order valence-electron chi connectivity index (χ1n) is 9.57. The molecule has 3 rings (SSSR count). The molecule has 1 heterocycles. The number of para-hydroxylation sites is 2. The zero-order valence-electron chi connectivity index (χ0n) is 16.4. The highest BCUT2D eigenvalue weighted by Crippen LogP contribution is 2.36. The molecule has 0 radical (unpaired) electrons. The molecule has 1 fully saturated rings. The Morgan fingerprint density at radius 2 is 1.84 bits per heavy atom. The molecular weight excluding hydrogens is 417 g/mol. The van der Waals surface area contributed by atoms with Crippen molar-refractivity contribution in [3.05, 3.63) is 58.1 Å². The highest BCUT2D eigenvalue weighted by molar-refractivity contribution is 5.95. The van der Waals surface area contributed by atoms with Crippen LogP contribution in [0.25, 0.3) is 0 Å². The van der Waals surface area contributed by atoms with Gasteiger partial charge < -0.3 is 20.3 Å². The Hall–Kier alpha value is -3.34. The zero-order valence-corrected chi connectivity index (χ0v) is 16.4. The first-order valence-corrected chi connectivity index (χ1v) is 9.57. The monoisotopic (exact) mass is 438 g/mol. The number of ether oxygens (including phenoxy) is 1. The van der Waals surface area contributed by atoms with Crippen LogP contribution in [0.5, 0.6) is 0 Å². The maximum Gasteiger partial charge on any atom is 0.416 e. The van der Waals surface area contributed by atoms with E-state index >= 15 is 0 Å². The van der Waals surface area contributed by atoms with Crippen molar-refractivity contribution in [3.8, 4) is 0 Å². The topological polar surface area (TPSA) is 96.7 Å². The minimum absolute atomic E-state index is 0.0624. The van der Waals surface area contributed by atoms with E-state index in [2.05, 4.69) is 10.6 Å². The number of nitro benzene ring substituents is 1. The van der Waals surface area contributed by atoms with Gasteiger partial charge in [-0.1, -0.05) is 12.1 Å². The third-order valence-corrected chi connectivity index (χ3v) is 4.72. The second-order valence-electron chi connectivity index (χ2n) is 6.83. The van der Waals surface area contributed by atoms with Gasteiger partial charge in [0.05, 0.1) is 35.1 Å². The van der Waals surface area contributed by atoms with Crippen molar-refractivity contribution in [1.29, 1.82) is 0 Å². The van der Waals surface area contributed by atoms with Crippen molar-refractivity contribution in [1.82, 2.24) is 0 Å². The average molecular weight is 438 g/mol. The van der Waals surface area contributed by atoms with Gasteiger partial charge in [0.2, 0.25) is 5.91 Å². The summed E-state index contributed by atoms with van der Waals surface area (Å²) in [4.78, 5) is 24.8. The second-order valence-corrected chi connectivity index (χ2v) is 6.83. The van der Waals surface area contributed by atoms with Crippen molar-refractivity contribution in [3.63, 3.8) is 0 Å². The lowest BCUT2D eigenvalue weighted by Gasteiger charge is -2.31. The maximum absolute atomic E-state index is 13.2. The standard InChI is InChI=1S/C20H21F3N4O4/c21-20(22,23)14-5-6-17(26-9-11-31-12-10-26)16(13-14)25-19(28)7-8-24-15-3-1-2-4-18(15)27(29)30/h1-6,13,24H,7-12H2,(H,25,28). The number of hydrogen-bond acceptors (Lipinski definition) is 6. The van der Waals surface area contributed by atoms with E-state index in [1.807, 2.05) is 4.90 Å². The summed E-state index contributed by atoms with van der Waals surface area (Å²) in [5, 5.41) is 16.4. The van der Waals surface area contributed by atoms with Gasteiger partial charge in [0, 0.05) is 32.1 Å². The van der Waals surface area contributed by atoms with E-state index in [4.69, 9.17) is 4.74 Å². The molecule has 11 heteroatoms. The van der Waals surface area contributed by atoms with Crippen LogP contribution in [0.2, 0.25) is 0 Å². The van der Waals surface area contributed by atoms with Crippen LogP contribution in [-0.2, 0) is 15.7 Å². The summed E-state index contributed by atoms with van der Waals surface area (Å²) < 4.78 is 44.8. The molecule has 0 atom stereocenters. The molecule has 0 aromatic heterocycles. The number of amides is 1. The molecule has 2 aromatic carbocycles. The maximum atomic E-state index is 13.2. The Balaban J connectivity index is 1.70. The fraction of sp³-hybridized carbons (Fsp3) is 0.350. The van der Waals surface area contributed by atoms with Gasteiger partial charge in [-0.15, -0.1) is 0 Å². The third kappa shape index (κ3) is 5.85. The van der Waals surface area contributed by atoms with Gasteiger partial charge in [0.25, 0.3) is 5.69 Å². The summed E-state index contributed by atoms with van der Waals surface area (Å²) in [6.07, 6.45) is -4.64.